The first-order chi connectivity index (χ1) is 19.5. The molecule has 1 N–H and O–H groups in total. The predicted molar refractivity (Wildman–Crippen MR) is 148 cm³/mol. The molecule has 0 aliphatic carbocycles. The summed E-state index contributed by atoms with van der Waals surface area (Å²) < 4.78 is 48.1. The molecule has 5 rings (SSSR count). The van der Waals surface area contributed by atoms with Gasteiger partial charge in [0.2, 0.25) is 0 Å². The number of nitrogens with zero attached hydrogens (tertiary/aromatic N) is 4. The number of rotatable bonds is 6. The Kier molecular flexibility index (Phi) is 7.52. The Labute approximate surface area is 234 Å². The average Bonchev–Trinajstić information content (AvgIpc) is 3.34. The molecule has 1 aliphatic heterocycles. The number of halogens is 2. The second-order valence-electron chi connectivity index (χ2n) is 10.7. The van der Waals surface area contributed by atoms with Crippen molar-refractivity contribution >= 4 is 17.0 Å². The summed E-state index contributed by atoms with van der Waals surface area (Å²) in [6.07, 6.45) is 1.04. The van der Waals surface area contributed by atoms with Crippen LogP contribution in [0.25, 0.3) is 33.4 Å². The number of fused-ring (bicyclic) bond motifs is 2. The lowest BCUT2D eigenvalue weighted by molar-refractivity contribution is 0.0120. The van der Waals surface area contributed by atoms with E-state index in [9.17, 15) is 14.0 Å². The highest BCUT2D eigenvalue weighted by Gasteiger charge is 2.33. The summed E-state index contributed by atoms with van der Waals surface area (Å²) in [5, 5.41) is 4.92. The standard InChI is InChI=1S/C29H31F2N5O5/c1-16-21-15-20(34-36(21)10-9-35(16)28(38)41-29(2,3)4)26-24(25-18(27(37)33-26)7-6-8-32-25)23-19(31)13-17(30)14-22(23)40-12-11-39-5/h6-8,13-16H,9-12H2,1-5H3,(H,33,37)/t16-/m1/s1. The number of aromatic nitrogens is 4. The van der Waals surface area contributed by atoms with Crippen LogP contribution in [-0.4, -0.2) is 63.2 Å². The summed E-state index contributed by atoms with van der Waals surface area (Å²) in [4.78, 5) is 34.9. The number of ether oxygens (including phenoxy) is 3. The molecular formula is C29H31F2N5O5. The van der Waals surface area contributed by atoms with Gasteiger partial charge in [-0.1, -0.05) is 0 Å². The molecule has 1 aromatic carbocycles. The molecule has 0 unspecified atom stereocenters. The van der Waals surface area contributed by atoms with E-state index in [1.807, 2.05) is 6.92 Å². The van der Waals surface area contributed by atoms with E-state index in [1.54, 1.807) is 48.6 Å². The molecule has 216 valence electrons. The molecule has 0 saturated heterocycles. The Morgan fingerprint density at radius 2 is 1.93 bits per heavy atom. The molecule has 41 heavy (non-hydrogen) atoms. The molecule has 12 heteroatoms. The summed E-state index contributed by atoms with van der Waals surface area (Å²) in [6.45, 7) is 8.22. The minimum atomic E-state index is -0.897. The van der Waals surface area contributed by atoms with Crippen LogP contribution in [0.15, 0.2) is 41.3 Å². The van der Waals surface area contributed by atoms with Crippen molar-refractivity contribution in [1.29, 1.82) is 0 Å². The van der Waals surface area contributed by atoms with Gasteiger partial charge in [-0.3, -0.25) is 19.4 Å². The summed E-state index contributed by atoms with van der Waals surface area (Å²) >= 11 is 0. The normalized spacial score (nSPS) is 15.2. The lowest BCUT2D eigenvalue weighted by atomic mass is 9.97. The van der Waals surface area contributed by atoms with E-state index in [0.717, 1.165) is 12.1 Å². The van der Waals surface area contributed by atoms with Gasteiger partial charge in [-0.05, 0) is 45.9 Å². The van der Waals surface area contributed by atoms with E-state index >= 15 is 4.39 Å². The maximum atomic E-state index is 15.6. The van der Waals surface area contributed by atoms with Crippen molar-refractivity contribution in [2.24, 2.45) is 0 Å². The minimum Gasteiger partial charge on any atom is -0.490 e. The first-order valence-electron chi connectivity index (χ1n) is 13.2. The highest BCUT2D eigenvalue weighted by atomic mass is 19.1. The van der Waals surface area contributed by atoms with Gasteiger partial charge in [0.25, 0.3) is 5.56 Å². The molecule has 0 bridgehead atoms. The van der Waals surface area contributed by atoms with Gasteiger partial charge in [-0.25, -0.2) is 13.6 Å². The van der Waals surface area contributed by atoms with Crippen molar-refractivity contribution < 1.29 is 27.8 Å². The molecule has 4 aromatic rings. The lowest BCUT2D eigenvalue weighted by Gasteiger charge is -2.35. The Bertz CT molecular complexity index is 1680. The molecule has 1 atom stereocenters. The third kappa shape index (κ3) is 5.51. The van der Waals surface area contributed by atoms with E-state index in [4.69, 9.17) is 19.3 Å². The van der Waals surface area contributed by atoms with Crippen molar-refractivity contribution in [2.45, 2.75) is 45.9 Å². The molecule has 0 spiro atoms. The molecule has 0 saturated carbocycles. The zero-order valence-corrected chi connectivity index (χ0v) is 23.5. The van der Waals surface area contributed by atoms with E-state index in [1.165, 1.54) is 13.3 Å². The number of benzene rings is 1. The smallest absolute Gasteiger partial charge is 0.410 e. The number of hydrogen-bond acceptors (Lipinski definition) is 7. The average molecular weight is 568 g/mol. The SMILES string of the molecule is COCCOc1cc(F)cc(F)c1-c1c(-c2cc3n(n2)CCN(C(=O)OC(C)(C)C)[C@@H]3C)[nH]c(=O)c2cccnc12. The second kappa shape index (κ2) is 10.9. The number of H-pyrrole nitrogens is 1. The molecule has 1 aliphatic rings. The van der Waals surface area contributed by atoms with E-state index in [2.05, 4.69) is 9.97 Å². The van der Waals surface area contributed by atoms with E-state index in [-0.39, 0.29) is 46.7 Å². The lowest BCUT2D eigenvalue weighted by Crippen LogP contribution is -2.43. The van der Waals surface area contributed by atoms with Gasteiger partial charge in [0, 0.05) is 37.5 Å². The first-order valence-corrected chi connectivity index (χ1v) is 13.2. The Morgan fingerprint density at radius 1 is 1.15 bits per heavy atom. The third-order valence-electron chi connectivity index (χ3n) is 6.74. The summed E-state index contributed by atoms with van der Waals surface area (Å²) in [5.41, 5.74) is 0.401. The predicted octanol–water partition coefficient (Wildman–Crippen LogP) is 5.07. The van der Waals surface area contributed by atoms with Gasteiger partial charge in [0.15, 0.2) is 0 Å². The molecule has 10 nitrogen and oxygen atoms in total. The summed E-state index contributed by atoms with van der Waals surface area (Å²) in [7, 11) is 1.49. The second-order valence-corrected chi connectivity index (χ2v) is 10.7. The van der Waals surface area contributed by atoms with Gasteiger partial charge >= 0.3 is 6.09 Å². The maximum Gasteiger partial charge on any atom is 0.410 e. The number of carbonyl (C=O) groups is 1. The van der Waals surface area contributed by atoms with Crippen LogP contribution in [0.2, 0.25) is 0 Å². The van der Waals surface area contributed by atoms with Crippen LogP contribution in [0.4, 0.5) is 13.6 Å². The van der Waals surface area contributed by atoms with Crippen LogP contribution < -0.4 is 10.3 Å². The zero-order chi connectivity index (χ0) is 29.5. The fourth-order valence-electron chi connectivity index (χ4n) is 4.92. The number of nitrogens with one attached hydrogen (secondary N) is 1. The Balaban J connectivity index is 1.69. The number of carbonyl (C=O) groups excluding carboxylic acids is 1. The largest absolute Gasteiger partial charge is 0.490 e. The highest BCUT2D eigenvalue weighted by molar-refractivity contribution is 6.01. The molecule has 1 amide bonds. The van der Waals surface area contributed by atoms with E-state index in [0.29, 0.717) is 24.5 Å². The van der Waals surface area contributed by atoms with Crippen LogP contribution in [0, 0.1) is 11.6 Å². The van der Waals surface area contributed by atoms with Crippen molar-refractivity contribution in [2.75, 3.05) is 26.9 Å². The van der Waals surface area contributed by atoms with Crippen LogP contribution in [-0.2, 0) is 16.0 Å². The van der Waals surface area contributed by atoms with Gasteiger partial charge in [-0.2, -0.15) is 5.10 Å². The molecule has 0 radical (unpaired) electrons. The van der Waals surface area contributed by atoms with Crippen molar-refractivity contribution in [3.8, 4) is 28.3 Å². The van der Waals surface area contributed by atoms with Crippen LogP contribution in [0.3, 0.4) is 0 Å². The molecule has 4 heterocycles. The molecular weight excluding hydrogens is 536 g/mol. The number of pyridine rings is 2. The topological polar surface area (TPSA) is 112 Å². The fraction of sp³-hybridized carbons (Fsp3) is 0.379. The summed E-state index contributed by atoms with van der Waals surface area (Å²) in [5.74, 6) is -1.80. The fourth-order valence-corrected chi connectivity index (χ4v) is 4.92. The maximum absolute atomic E-state index is 15.6. The number of aromatic amines is 1. The number of amides is 1. The van der Waals surface area contributed by atoms with Crippen molar-refractivity contribution in [3.05, 3.63) is 64.2 Å². The Hall–Kier alpha value is -4.32. The van der Waals surface area contributed by atoms with Crippen LogP contribution in [0.5, 0.6) is 5.75 Å². The van der Waals surface area contributed by atoms with Gasteiger partial charge in [0.05, 0.1) is 47.0 Å². The molecule has 0 fully saturated rings. The minimum absolute atomic E-state index is 0.0350. The quantitative estimate of drug-likeness (QED) is 0.324. The first kappa shape index (κ1) is 28.2. The van der Waals surface area contributed by atoms with Gasteiger partial charge < -0.3 is 19.2 Å². The monoisotopic (exact) mass is 567 g/mol. The number of hydrogen-bond donors (Lipinski definition) is 1. The zero-order valence-electron chi connectivity index (χ0n) is 23.5. The van der Waals surface area contributed by atoms with Crippen molar-refractivity contribution in [1.82, 2.24) is 24.6 Å². The van der Waals surface area contributed by atoms with Crippen molar-refractivity contribution in [3.63, 3.8) is 0 Å². The Morgan fingerprint density at radius 3 is 2.66 bits per heavy atom. The van der Waals surface area contributed by atoms with Crippen LogP contribution in [0.1, 0.15) is 39.4 Å². The third-order valence-corrected chi connectivity index (χ3v) is 6.74. The molecule has 3 aromatic heterocycles. The van der Waals surface area contributed by atoms with Gasteiger partial charge in [0.1, 0.15) is 35.3 Å². The van der Waals surface area contributed by atoms with Crippen LogP contribution >= 0.6 is 0 Å². The summed E-state index contributed by atoms with van der Waals surface area (Å²) in [6, 6.07) is 6.33. The highest BCUT2D eigenvalue weighted by Crippen LogP contribution is 2.42. The van der Waals surface area contributed by atoms with Gasteiger partial charge in [-0.15, -0.1) is 0 Å². The van der Waals surface area contributed by atoms with E-state index < -0.39 is 34.9 Å². The number of methoxy groups -OCH3 is 1.